The maximum absolute atomic E-state index is 11.5. The summed E-state index contributed by atoms with van der Waals surface area (Å²) in [6, 6.07) is -0.396. The second-order valence-electron chi connectivity index (χ2n) is 4.07. The number of carbonyl (C=O) groups is 2. The lowest BCUT2D eigenvalue weighted by atomic mass is 10.0. The summed E-state index contributed by atoms with van der Waals surface area (Å²) >= 11 is 0. The van der Waals surface area contributed by atoms with Gasteiger partial charge in [0.15, 0.2) is 0 Å². The van der Waals surface area contributed by atoms with Crippen LogP contribution in [0.15, 0.2) is 0 Å². The quantitative estimate of drug-likeness (QED) is 0.312. The Morgan fingerprint density at radius 3 is 2.31 bits per heavy atom. The van der Waals surface area contributed by atoms with Gasteiger partial charge in [0.25, 0.3) is 5.91 Å². The third-order valence-electron chi connectivity index (χ3n) is 2.28. The minimum absolute atomic E-state index is 0.0861. The lowest BCUT2D eigenvalue weighted by molar-refractivity contribution is -0.129. The normalized spacial score (nSPS) is 12.7. The fourth-order valence-electron chi connectivity index (χ4n) is 1.68. The topological polar surface area (TPSA) is 87.5 Å². The number of amides is 2. The van der Waals surface area contributed by atoms with Crippen LogP contribution in [0, 0.1) is 5.92 Å². The van der Waals surface area contributed by atoms with Gasteiger partial charge in [-0.3, -0.25) is 19.9 Å². The summed E-state index contributed by atoms with van der Waals surface area (Å²) < 4.78 is 0. The van der Waals surface area contributed by atoms with Crippen molar-refractivity contribution in [3.05, 3.63) is 0 Å². The van der Waals surface area contributed by atoms with Gasteiger partial charge in [-0.1, -0.05) is 13.8 Å². The van der Waals surface area contributed by atoms with E-state index in [1.54, 1.807) is 11.9 Å². The lowest BCUT2D eigenvalue weighted by Crippen LogP contribution is -2.52. The van der Waals surface area contributed by atoms with Crippen molar-refractivity contribution in [1.82, 2.24) is 15.6 Å². The monoisotopic (exact) mass is 230 g/mol. The Labute approximate surface area is 96.5 Å². The molecule has 94 valence electrons. The van der Waals surface area contributed by atoms with Crippen LogP contribution in [0.25, 0.3) is 0 Å². The Hall–Kier alpha value is -1.14. The molecule has 4 N–H and O–H groups in total. The van der Waals surface area contributed by atoms with E-state index in [9.17, 15) is 9.59 Å². The summed E-state index contributed by atoms with van der Waals surface area (Å²) in [5, 5.41) is 2.68. The molecule has 0 aromatic heterocycles. The SMILES string of the molecule is CCNC(=O)CN(C)C(C(=O)NN)C(C)C. The predicted molar refractivity (Wildman–Crippen MR) is 62.3 cm³/mol. The molecule has 0 aliphatic heterocycles. The molecule has 0 rings (SSSR count). The van der Waals surface area contributed by atoms with Crippen LogP contribution in [-0.4, -0.2) is 42.9 Å². The Morgan fingerprint density at radius 2 is 1.94 bits per heavy atom. The van der Waals surface area contributed by atoms with Crippen molar-refractivity contribution in [2.24, 2.45) is 11.8 Å². The van der Waals surface area contributed by atoms with E-state index >= 15 is 0 Å². The first kappa shape index (κ1) is 14.9. The molecule has 0 fully saturated rings. The summed E-state index contributed by atoms with van der Waals surface area (Å²) in [5.41, 5.74) is 2.12. The van der Waals surface area contributed by atoms with Crippen LogP contribution < -0.4 is 16.6 Å². The maximum atomic E-state index is 11.5. The van der Waals surface area contributed by atoms with Gasteiger partial charge in [-0.25, -0.2) is 5.84 Å². The van der Waals surface area contributed by atoms with Crippen LogP contribution in [0.2, 0.25) is 0 Å². The van der Waals surface area contributed by atoms with Crippen LogP contribution >= 0.6 is 0 Å². The summed E-state index contributed by atoms with van der Waals surface area (Å²) in [5.74, 6) is 4.82. The van der Waals surface area contributed by atoms with E-state index < -0.39 is 6.04 Å². The number of nitrogens with one attached hydrogen (secondary N) is 2. The summed E-state index contributed by atoms with van der Waals surface area (Å²) in [7, 11) is 1.73. The third kappa shape index (κ3) is 4.59. The van der Waals surface area contributed by atoms with Crippen molar-refractivity contribution in [3.8, 4) is 0 Å². The molecule has 0 aliphatic carbocycles. The first-order chi connectivity index (χ1) is 7.43. The second-order valence-corrected chi connectivity index (χ2v) is 4.07. The molecule has 6 heteroatoms. The van der Waals surface area contributed by atoms with Gasteiger partial charge in [0.1, 0.15) is 0 Å². The molecule has 0 radical (unpaired) electrons. The van der Waals surface area contributed by atoms with Gasteiger partial charge in [-0.05, 0) is 19.9 Å². The van der Waals surface area contributed by atoms with Crippen molar-refractivity contribution in [1.29, 1.82) is 0 Å². The maximum Gasteiger partial charge on any atom is 0.251 e. The molecule has 1 unspecified atom stereocenters. The number of nitrogens with zero attached hydrogens (tertiary/aromatic N) is 1. The van der Waals surface area contributed by atoms with Crippen LogP contribution in [-0.2, 0) is 9.59 Å². The van der Waals surface area contributed by atoms with Crippen molar-refractivity contribution < 1.29 is 9.59 Å². The molecular formula is C10H22N4O2. The molecule has 0 heterocycles. The van der Waals surface area contributed by atoms with E-state index in [0.29, 0.717) is 6.54 Å². The van der Waals surface area contributed by atoms with E-state index in [1.165, 1.54) is 0 Å². The Balaban J connectivity index is 4.44. The number of hydrazine groups is 1. The van der Waals surface area contributed by atoms with E-state index in [-0.39, 0.29) is 24.3 Å². The molecule has 1 atom stereocenters. The molecule has 0 spiro atoms. The van der Waals surface area contributed by atoms with Crippen LogP contribution in [0.5, 0.6) is 0 Å². The zero-order valence-electron chi connectivity index (χ0n) is 10.4. The molecule has 2 amide bonds. The Bertz CT molecular complexity index is 243. The highest BCUT2D eigenvalue weighted by atomic mass is 16.2. The van der Waals surface area contributed by atoms with E-state index in [0.717, 1.165) is 0 Å². The van der Waals surface area contributed by atoms with Gasteiger partial charge < -0.3 is 5.32 Å². The number of carbonyl (C=O) groups excluding carboxylic acids is 2. The first-order valence-electron chi connectivity index (χ1n) is 5.41. The average molecular weight is 230 g/mol. The first-order valence-corrected chi connectivity index (χ1v) is 5.41. The van der Waals surface area contributed by atoms with Crippen molar-refractivity contribution >= 4 is 11.8 Å². The molecule has 0 saturated heterocycles. The smallest absolute Gasteiger partial charge is 0.251 e. The minimum atomic E-state index is -0.396. The van der Waals surface area contributed by atoms with Crippen molar-refractivity contribution in [2.45, 2.75) is 26.8 Å². The molecule has 0 aromatic carbocycles. The number of hydrogen-bond acceptors (Lipinski definition) is 4. The molecule has 0 bridgehead atoms. The summed E-state index contributed by atoms with van der Waals surface area (Å²) in [6.07, 6.45) is 0. The van der Waals surface area contributed by atoms with Crippen molar-refractivity contribution in [3.63, 3.8) is 0 Å². The highest BCUT2D eigenvalue weighted by Gasteiger charge is 2.26. The van der Waals surface area contributed by atoms with Crippen LogP contribution in [0.4, 0.5) is 0 Å². The Kier molecular flexibility index (Phi) is 6.67. The number of nitrogens with two attached hydrogens (primary N) is 1. The van der Waals surface area contributed by atoms with E-state index in [4.69, 9.17) is 5.84 Å². The second kappa shape index (κ2) is 7.19. The van der Waals surface area contributed by atoms with Crippen LogP contribution in [0.3, 0.4) is 0 Å². The molecule has 16 heavy (non-hydrogen) atoms. The van der Waals surface area contributed by atoms with E-state index in [1.807, 2.05) is 20.8 Å². The van der Waals surface area contributed by atoms with E-state index in [2.05, 4.69) is 10.7 Å². The molecule has 0 aromatic rings. The fraction of sp³-hybridized carbons (Fsp3) is 0.800. The average Bonchev–Trinajstić information content (AvgIpc) is 2.17. The molecular weight excluding hydrogens is 208 g/mol. The lowest BCUT2D eigenvalue weighted by Gasteiger charge is -2.28. The van der Waals surface area contributed by atoms with Gasteiger partial charge in [0, 0.05) is 6.54 Å². The molecule has 6 nitrogen and oxygen atoms in total. The number of rotatable bonds is 6. The van der Waals surface area contributed by atoms with Crippen LogP contribution in [0.1, 0.15) is 20.8 Å². The number of likely N-dealkylation sites (N-methyl/N-ethyl adjacent to an activating group) is 2. The summed E-state index contributed by atoms with van der Waals surface area (Å²) in [4.78, 5) is 24.6. The zero-order valence-corrected chi connectivity index (χ0v) is 10.4. The van der Waals surface area contributed by atoms with Gasteiger partial charge >= 0.3 is 0 Å². The zero-order chi connectivity index (χ0) is 12.7. The van der Waals surface area contributed by atoms with Gasteiger partial charge in [-0.2, -0.15) is 0 Å². The van der Waals surface area contributed by atoms with Gasteiger partial charge in [-0.15, -0.1) is 0 Å². The Morgan fingerprint density at radius 1 is 1.38 bits per heavy atom. The summed E-state index contributed by atoms with van der Waals surface area (Å²) in [6.45, 7) is 6.44. The predicted octanol–water partition coefficient (Wildman–Crippen LogP) is -0.931. The number of hydrogen-bond donors (Lipinski definition) is 3. The van der Waals surface area contributed by atoms with Crippen molar-refractivity contribution in [2.75, 3.05) is 20.1 Å². The van der Waals surface area contributed by atoms with Gasteiger partial charge in [0.05, 0.1) is 12.6 Å². The largest absolute Gasteiger partial charge is 0.355 e. The molecule has 0 aliphatic rings. The highest BCUT2D eigenvalue weighted by Crippen LogP contribution is 2.08. The fourth-order valence-corrected chi connectivity index (χ4v) is 1.68. The highest BCUT2D eigenvalue weighted by molar-refractivity contribution is 5.83. The van der Waals surface area contributed by atoms with Gasteiger partial charge in [0.2, 0.25) is 5.91 Å². The third-order valence-corrected chi connectivity index (χ3v) is 2.28. The molecule has 0 saturated carbocycles. The minimum Gasteiger partial charge on any atom is -0.355 e. The standard InChI is InChI=1S/C10H22N4O2/c1-5-12-8(15)6-14(4)9(7(2)3)10(16)13-11/h7,9H,5-6,11H2,1-4H3,(H,12,15)(H,13,16).